The van der Waals surface area contributed by atoms with Crippen LogP contribution in [0.25, 0.3) is 0 Å². The largest absolute Gasteiger partial charge is 0.424 e. The molecule has 0 aromatic carbocycles. The van der Waals surface area contributed by atoms with E-state index < -0.39 is 0 Å². The maximum absolute atomic E-state index is 8.01. The van der Waals surface area contributed by atoms with E-state index in [9.17, 15) is 0 Å². The summed E-state index contributed by atoms with van der Waals surface area (Å²) in [6.07, 6.45) is 0. The third-order valence-corrected chi connectivity index (χ3v) is 2.61. The number of halogens is 2. The van der Waals surface area contributed by atoms with Gasteiger partial charge in [-0.25, -0.2) is 5.26 Å². The summed E-state index contributed by atoms with van der Waals surface area (Å²) in [5.41, 5.74) is 0. The zero-order valence-corrected chi connectivity index (χ0v) is 7.10. The van der Waals surface area contributed by atoms with Crippen molar-refractivity contribution in [3.05, 3.63) is 0 Å². The van der Waals surface area contributed by atoms with Gasteiger partial charge in [-0.15, -0.1) is 22.4 Å². The SMILES string of the molecule is N#CB(I)NI. The summed E-state index contributed by atoms with van der Waals surface area (Å²) in [5, 5.41) is 8.01. The summed E-state index contributed by atoms with van der Waals surface area (Å²) in [4.78, 5) is 0. The van der Waals surface area contributed by atoms with Crippen LogP contribution in [0.4, 0.5) is 0 Å². The fourth-order valence-electron chi connectivity index (χ4n) is 0.0244. The van der Waals surface area contributed by atoms with Crippen molar-refractivity contribution in [2.45, 2.75) is 0 Å². The topological polar surface area (TPSA) is 35.8 Å². The van der Waals surface area contributed by atoms with Crippen molar-refractivity contribution in [1.29, 1.82) is 5.26 Å². The maximum atomic E-state index is 8.01. The van der Waals surface area contributed by atoms with Crippen molar-refractivity contribution >= 4 is 49.9 Å². The predicted molar refractivity (Wildman–Crippen MR) is 42.5 cm³/mol. The van der Waals surface area contributed by atoms with Gasteiger partial charge in [0, 0.05) is 28.8 Å². The Morgan fingerprint density at radius 1 is 1.83 bits per heavy atom. The van der Waals surface area contributed by atoms with Gasteiger partial charge in [0.25, 0.3) is 0 Å². The van der Waals surface area contributed by atoms with Crippen LogP contribution >= 0.6 is 45.2 Å². The van der Waals surface area contributed by atoms with Crippen molar-refractivity contribution in [3.8, 4) is 5.97 Å². The summed E-state index contributed by atoms with van der Waals surface area (Å²) in [5.74, 6) is 1.98. The standard InChI is InChI=1S/CHBI2N2/c3-2(1-5)6-4/h6H. The molecule has 0 amide bonds. The molecule has 0 unspecified atom stereocenters. The van der Waals surface area contributed by atoms with Crippen molar-refractivity contribution in [1.82, 2.24) is 3.44 Å². The van der Waals surface area contributed by atoms with E-state index in [4.69, 9.17) is 5.26 Å². The molecule has 0 aliphatic rings. The number of hydrogen-bond acceptors (Lipinski definition) is 2. The molecule has 0 heterocycles. The highest BCUT2D eigenvalue weighted by Crippen LogP contribution is 1.87. The van der Waals surface area contributed by atoms with Gasteiger partial charge in [0.2, 0.25) is 0 Å². The molecule has 5 heteroatoms. The minimum atomic E-state index is -0.0526. The lowest BCUT2D eigenvalue weighted by Crippen LogP contribution is -2.13. The van der Waals surface area contributed by atoms with Gasteiger partial charge < -0.3 is 0 Å². The average molecular weight is 306 g/mol. The molecular formula is CHBI2N2. The molecular weight excluding hydrogens is 305 g/mol. The van der Waals surface area contributed by atoms with Crippen LogP contribution in [0, 0.1) is 11.2 Å². The first kappa shape index (κ1) is 6.97. The molecule has 0 aromatic rings. The molecule has 0 saturated carbocycles. The van der Waals surface area contributed by atoms with E-state index in [1.165, 1.54) is 0 Å². The number of nitrogens with one attached hydrogen (secondary N) is 1. The van der Waals surface area contributed by atoms with Gasteiger partial charge in [-0.05, 0) is 0 Å². The van der Waals surface area contributed by atoms with E-state index in [-0.39, 0.29) is 4.70 Å². The molecule has 0 saturated heterocycles. The molecule has 0 radical (unpaired) electrons. The Morgan fingerprint density at radius 3 is 2.33 bits per heavy atom. The Labute approximate surface area is 64.1 Å². The molecule has 0 aliphatic carbocycles. The van der Waals surface area contributed by atoms with Crippen molar-refractivity contribution < 1.29 is 0 Å². The lowest BCUT2D eigenvalue weighted by molar-refractivity contribution is 1.55. The van der Waals surface area contributed by atoms with Crippen LogP contribution in [0.2, 0.25) is 0 Å². The van der Waals surface area contributed by atoms with Crippen LogP contribution in [0.1, 0.15) is 0 Å². The van der Waals surface area contributed by atoms with Gasteiger partial charge >= 0.3 is 4.70 Å². The monoisotopic (exact) mass is 306 g/mol. The van der Waals surface area contributed by atoms with Gasteiger partial charge in [0.05, 0.1) is 0 Å². The second-order valence-corrected chi connectivity index (χ2v) is 2.47. The first-order valence-electron chi connectivity index (χ1n) is 1.21. The van der Waals surface area contributed by atoms with Crippen molar-refractivity contribution in [2.75, 3.05) is 0 Å². The van der Waals surface area contributed by atoms with Crippen molar-refractivity contribution in [3.63, 3.8) is 0 Å². The van der Waals surface area contributed by atoms with Gasteiger partial charge in [-0.3, -0.25) is 3.44 Å². The summed E-state index contributed by atoms with van der Waals surface area (Å²) < 4.78 is 2.66. The summed E-state index contributed by atoms with van der Waals surface area (Å²) >= 11 is 3.92. The van der Waals surface area contributed by atoms with Crippen LogP contribution < -0.4 is 3.44 Å². The minimum Gasteiger partial charge on any atom is -0.277 e. The van der Waals surface area contributed by atoms with Crippen LogP contribution in [-0.4, -0.2) is 4.70 Å². The van der Waals surface area contributed by atoms with E-state index in [1.807, 2.05) is 51.2 Å². The first-order valence-corrected chi connectivity index (χ1v) is 3.53. The molecule has 2 nitrogen and oxygen atoms in total. The second kappa shape index (κ2) is 4.14. The van der Waals surface area contributed by atoms with Crippen LogP contribution in [0.3, 0.4) is 0 Å². The predicted octanol–water partition coefficient (Wildman–Crippen LogP) is 0.912. The van der Waals surface area contributed by atoms with Gasteiger partial charge in [0.15, 0.2) is 0 Å². The number of hydrogen-bond donors (Lipinski definition) is 1. The minimum absolute atomic E-state index is 0.0526. The van der Waals surface area contributed by atoms with Crippen molar-refractivity contribution in [2.24, 2.45) is 0 Å². The van der Waals surface area contributed by atoms with Crippen LogP contribution in [0.15, 0.2) is 0 Å². The highest BCUT2D eigenvalue weighted by molar-refractivity contribution is 14.1. The Bertz CT molecular complexity index is 68.4. The fraction of sp³-hybridized carbons (Fsp3) is 0. The molecule has 32 valence electrons. The Hall–Kier alpha value is 0.975. The fourth-order valence-corrected chi connectivity index (χ4v) is 0.164. The van der Waals surface area contributed by atoms with E-state index >= 15 is 0 Å². The highest BCUT2D eigenvalue weighted by atomic mass is 127. The van der Waals surface area contributed by atoms with E-state index in [2.05, 4.69) is 3.44 Å². The van der Waals surface area contributed by atoms with Gasteiger partial charge in [0.1, 0.15) is 0 Å². The average Bonchev–Trinajstić information content (AvgIpc) is 1.65. The Morgan fingerprint density at radius 2 is 2.33 bits per heavy atom. The first-order chi connectivity index (χ1) is 2.81. The molecule has 1 N–H and O–H groups in total. The number of nitriles is 1. The number of rotatable bonds is 1. The maximum Gasteiger partial charge on any atom is 0.424 e. The zero-order valence-electron chi connectivity index (χ0n) is 2.78. The van der Waals surface area contributed by atoms with Gasteiger partial charge in [-0.1, -0.05) is 0 Å². The number of nitrogens with zero attached hydrogens (tertiary/aromatic N) is 1. The Kier molecular flexibility index (Phi) is 4.82. The van der Waals surface area contributed by atoms with E-state index in [1.54, 1.807) is 0 Å². The molecule has 0 atom stereocenters. The Balaban J connectivity index is 3.04. The smallest absolute Gasteiger partial charge is 0.277 e. The molecule has 0 rings (SSSR count). The molecule has 0 fully saturated rings. The summed E-state index contributed by atoms with van der Waals surface area (Å²) in [6.45, 7) is 0. The second-order valence-electron chi connectivity index (χ2n) is 0.601. The van der Waals surface area contributed by atoms with E-state index in [0.29, 0.717) is 0 Å². The third-order valence-electron chi connectivity index (χ3n) is 0.209. The lowest BCUT2D eigenvalue weighted by atomic mass is 10.0. The molecule has 6 heavy (non-hydrogen) atoms. The molecule has 0 aliphatic heterocycles. The van der Waals surface area contributed by atoms with Crippen LogP contribution in [-0.2, 0) is 0 Å². The quantitative estimate of drug-likeness (QED) is 0.444. The van der Waals surface area contributed by atoms with Gasteiger partial charge in [-0.2, -0.15) is 0 Å². The summed E-state index contributed by atoms with van der Waals surface area (Å²) in [6, 6.07) is 0. The molecule has 0 bridgehead atoms. The van der Waals surface area contributed by atoms with E-state index in [0.717, 1.165) is 0 Å². The normalized spacial score (nSPS) is 6.83. The molecule has 0 aromatic heterocycles. The van der Waals surface area contributed by atoms with Crippen LogP contribution in [0.5, 0.6) is 0 Å². The molecule has 0 spiro atoms. The zero-order chi connectivity index (χ0) is 4.99. The third kappa shape index (κ3) is 3.18. The highest BCUT2D eigenvalue weighted by Gasteiger charge is 2.01. The summed E-state index contributed by atoms with van der Waals surface area (Å²) in [7, 11) is 0. The lowest BCUT2D eigenvalue weighted by Gasteiger charge is -1.80.